The first-order valence-electron chi connectivity index (χ1n) is 8.57. The van der Waals surface area contributed by atoms with Gasteiger partial charge < -0.3 is 5.32 Å². The second-order valence-corrected chi connectivity index (χ2v) is 7.06. The number of fused-ring (bicyclic) bond motifs is 2. The Kier molecular flexibility index (Phi) is 4.45. The lowest BCUT2D eigenvalue weighted by molar-refractivity contribution is 0.140. The van der Waals surface area contributed by atoms with Crippen LogP contribution in [0.25, 0.3) is 0 Å². The average molecular weight is 271 g/mol. The van der Waals surface area contributed by atoms with Crippen molar-refractivity contribution in [3.8, 4) is 0 Å². The fourth-order valence-corrected chi connectivity index (χ4v) is 4.83. The molecule has 0 spiro atoms. The van der Waals surface area contributed by atoms with E-state index in [1.165, 1.54) is 57.1 Å². The monoisotopic (exact) mass is 271 g/mol. The minimum absolute atomic E-state index is 0.633. The Balaban J connectivity index is 1.57. The van der Waals surface area contributed by atoms with Crippen molar-refractivity contribution in [2.24, 2.45) is 17.3 Å². The number of benzene rings is 1. The molecule has 20 heavy (non-hydrogen) atoms. The van der Waals surface area contributed by atoms with Gasteiger partial charge in [0.25, 0.3) is 0 Å². The van der Waals surface area contributed by atoms with Gasteiger partial charge in [-0.2, -0.15) is 0 Å². The van der Waals surface area contributed by atoms with Gasteiger partial charge in [0.2, 0.25) is 0 Å². The number of hydrogen-bond donors (Lipinski definition) is 1. The summed E-state index contributed by atoms with van der Waals surface area (Å²) in [5.74, 6) is 2.07. The second-order valence-electron chi connectivity index (χ2n) is 7.06. The molecule has 2 saturated carbocycles. The van der Waals surface area contributed by atoms with E-state index in [0.717, 1.165) is 18.4 Å². The van der Waals surface area contributed by atoms with E-state index in [1.54, 1.807) is 0 Å². The Bertz CT molecular complexity index is 413. The Morgan fingerprint density at radius 3 is 2.70 bits per heavy atom. The average Bonchev–Trinajstić information content (AvgIpc) is 3.07. The predicted molar refractivity (Wildman–Crippen MR) is 85.8 cm³/mol. The van der Waals surface area contributed by atoms with Crippen molar-refractivity contribution >= 4 is 0 Å². The summed E-state index contributed by atoms with van der Waals surface area (Å²) in [4.78, 5) is 0. The maximum atomic E-state index is 3.66. The van der Waals surface area contributed by atoms with Crippen molar-refractivity contribution < 1.29 is 0 Å². The molecule has 1 N–H and O–H groups in total. The van der Waals surface area contributed by atoms with Crippen LogP contribution < -0.4 is 5.32 Å². The molecule has 1 aromatic carbocycles. The molecule has 2 aliphatic carbocycles. The Morgan fingerprint density at radius 2 is 2.05 bits per heavy atom. The van der Waals surface area contributed by atoms with Gasteiger partial charge in [0, 0.05) is 6.54 Å². The van der Waals surface area contributed by atoms with E-state index in [4.69, 9.17) is 0 Å². The van der Waals surface area contributed by atoms with Crippen LogP contribution in [0.1, 0.15) is 51.0 Å². The Labute approximate surface area is 124 Å². The summed E-state index contributed by atoms with van der Waals surface area (Å²) < 4.78 is 0. The van der Waals surface area contributed by atoms with E-state index in [0.29, 0.717) is 5.41 Å². The van der Waals surface area contributed by atoms with Gasteiger partial charge in [-0.25, -0.2) is 0 Å². The largest absolute Gasteiger partial charge is 0.316 e. The van der Waals surface area contributed by atoms with E-state index in [9.17, 15) is 0 Å². The van der Waals surface area contributed by atoms with Crippen molar-refractivity contribution in [2.45, 2.75) is 51.9 Å². The summed E-state index contributed by atoms with van der Waals surface area (Å²) in [6, 6.07) is 11.0. The molecule has 0 radical (unpaired) electrons. The van der Waals surface area contributed by atoms with E-state index >= 15 is 0 Å². The molecule has 1 heteroatoms. The molecule has 2 aliphatic rings. The van der Waals surface area contributed by atoms with Crippen molar-refractivity contribution in [1.29, 1.82) is 0 Å². The number of nitrogens with one attached hydrogen (secondary N) is 1. The number of hydrogen-bond acceptors (Lipinski definition) is 1. The first kappa shape index (κ1) is 14.1. The molecule has 1 nitrogen and oxygen atoms in total. The van der Waals surface area contributed by atoms with Gasteiger partial charge in [0.05, 0.1) is 0 Å². The van der Waals surface area contributed by atoms with Crippen molar-refractivity contribution in [1.82, 2.24) is 5.32 Å². The summed E-state index contributed by atoms with van der Waals surface area (Å²) >= 11 is 0. The van der Waals surface area contributed by atoms with Crippen LogP contribution in [0.4, 0.5) is 0 Å². The zero-order chi connectivity index (χ0) is 13.8. The minimum Gasteiger partial charge on any atom is -0.316 e. The first-order chi connectivity index (χ1) is 9.82. The van der Waals surface area contributed by atoms with Crippen LogP contribution in [0.5, 0.6) is 0 Å². The second kappa shape index (κ2) is 6.30. The van der Waals surface area contributed by atoms with Crippen LogP contribution in [0.3, 0.4) is 0 Å². The molecule has 2 fully saturated rings. The standard InChI is InChI=1S/C19H29N/c1-2-20-15-19(14-17-10-11-18(19)13-17)12-6-9-16-7-4-3-5-8-16/h3-5,7-8,17-18,20H,2,6,9-15H2,1H3. The fourth-order valence-electron chi connectivity index (χ4n) is 4.83. The van der Waals surface area contributed by atoms with Crippen molar-refractivity contribution in [3.05, 3.63) is 35.9 Å². The van der Waals surface area contributed by atoms with Crippen LogP contribution in [0, 0.1) is 17.3 Å². The van der Waals surface area contributed by atoms with Gasteiger partial charge in [-0.15, -0.1) is 0 Å². The summed E-state index contributed by atoms with van der Waals surface area (Å²) in [5, 5.41) is 3.66. The van der Waals surface area contributed by atoms with Gasteiger partial charge in [-0.1, -0.05) is 43.7 Å². The molecule has 0 heterocycles. The minimum atomic E-state index is 0.633. The topological polar surface area (TPSA) is 12.0 Å². The van der Waals surface area contributed by atoms with Gasteiger partial charge in [0.15, 0.2) is 0 Å². The van der Waals surface area contributed by atoms with E-state index in [-0.39, 0.29) is 0 Å². The highest BCUT2D eigenvalue weighted by Crippen LogP contribution is 2.57. The van der Waals surface area contributed by atoms with Crippen molar-refractivity contribution in [2.75, 3.05) is 13.1 Å². The van der Waals surface area contributed by atoms with E-state index in [2.05, 4.69) is 42.6 Å². The lowest BCUT2D eigenvalue weighted by atomic mass is 9.69. The van der Waals surface area contributed by atoms with E-state index in [1.807, 2.05) is 0 Å². The quantitative estimate of drug-likeness (QED) is 0.774. The van der Waals surface area contributed by atoms with Crippen LogP contribution in [0.15, 0.2) is 30.3 Å². The summed E-state index contributed by atoms with van der Waals surface area (Å²) in [5.41, 5.74) is 2.14. The Morgan fingerprint density at radius 1 is 1.20 bits per heavy atom. The van der Waals surface area contributed by atoms with Gasteiger partial charge in [-0.05, 0) is 67.9 Å². The Hall–Kier alpha value is -0.820. The highest BCUT2D eigenvalue weighted by atomic mass is 14.9. The lowest BCUT2D eigenvalue weighted by Crippen LogP contribution is -2.38. The molecule has 0 saturated heterocycles. The molecule has 110 valence electrons. The molecule has 3 rings (SSSR count). The third-order valence-electron chi connectivity index (χ3n) is 5.81. The maximum Gasteiger partial charge on any atom is 0.00105 e. The van der Waals surface area contributed by atoms with Gasteiger partial charge in [0.1, 0.15) is 0 Å². The lowest BCUT2D eigenvalue weighted by Gasteiger charge is -2.38. The summed E-state index contributed by atoms with van der Waals surface area (Å²) in [6.07, 6.45) is 10.1. The molecule has 0 aliphatic heterocycles. The predicted octanol–water partition coefficient (Wildman–Crippen LogP) is 4.43. The molecule has 1 aromatic rings. The van der Waals surface area contributed by atoms with Crippen LogP contribution in [-0.4, -0.2) is 13.1 Å². The smallest absolute Gasteiger partial charge is 0.00105 e. The maximum absolute atomic E-state index is 3.66. The number of aryl methyl sites for hydroxylation is 1. The highest BCUT2D eigenvalue weighted by Gasteiger charge is 2.49. The third kappa shape index (κ3) is 2.93. The summed E-state index contributed by atoms with van der Waals surface area (Å²) in [6.45, 7) is 4.63. The molecule has 0 amide bonds. The van der Waals surface area contributed by atoms with Crippen LogP contribution in [0.2, 0.25) is 0 Å². The SMILES string of the molecule is CCNCC1(CCCc2ccccc2)CC2CCC1C2. The van der Waals surface area contributed by atoms with E-state index < -0.39 is 0 Å². The zero-order valence-electron chi connectivity index (χ0n) is 12.9. The van der Waals surface area contributed by atoms with Crippen LogP contribution in [-0.2, 0) is 6.42 Å². The highest BCUT2D eigenvalue weighted by molar-refractivity contribution is 5.14. The normalized spacial score (nSPS) is 31.9. The first-order valence-corrected chi connectivity index (χ1v) is 8.57. The molecule has 0 aromatic heterocycles. The molecule has 2 bridgehead atoms. The summed E-state index contributed by atoms with van der Waals surface area (Å²) in [7, 11) is 0. The zero-order valence-corrected chi connectivity index (χ0v) is 12.9. The van der Waals surface area contributed by atoms with Gasteiger partial charge >= 0.3 is 0 Å². The van der Waals surface area contributed by atoms with Crippen molar-refractivity contribution in [3.63, 3.8) is 0 Å². The molecule has 3 atom stereocenters. The fraction of sp³-hybridized carbons (Fsp3) is 0.684. The molecular formula is C19H29N. The van der Waals surface area contributed by atoms with Gasteiger partial charge in [-0.3, -0.25) is 0 Å². The number of rotatable bonds is 7. The van der Waals surface area contributed by atoms with Crippen LogP contribution >= 0.6 is 0 Å². The molecule has 3 unspecified atom stereocenters. The molecular weight excluding hydrogens is 242 g/mol. The third-order valence-corrected chi connectivity index (χ3v) is 5.81.